The van der Waals surface area contributed by atoms with Crippen molar-refractivity contribution in [2.45, 2.75) is 31.6 Å². The van der Waals surface area contributed by atoms with Gasteiger partial charge in [-0.3, -0.25) is 4.79 Å². The molecule has 1 aromatic rings. The zero-order chi connectivity index (χ0) is 12.8. The second kappa shape index (κ2) is 3.90. The van der Waals surface area contributed by atoms with Crippen LogP contribution in [0, 0.1) is 6.92 Å². The Labute approximate surface area is 106 Å². The van der Waals surface area contributed by atoms with Gasteiger partial charge in [-0.05, 0) is 31.4 Å². The van der Waals surface area contributed by atoms with Gasteiger partial charge in [-0.2, -0.15) is 0 Å². The van der Waals surface area contributed by atoms with Crippen molar-refractivity contribution in [3.8, 4) is 11.5 Å². The number of rotatable bonds is 2. The highest BCUT2D eigenvalue weighted by atomic mass is 16.6. The Hall–Kier alpha value is -1.71. The number of fused-ring (bicyclic) bond motifs is 1. The lowest BCUT2D eigenvalue weighted by atomic mass is 9.63. The molecule has 1 N–H and O–H groups in total. The molecule has 1 aliphatic heterocycles. The molecular weight excluding hydrogens is 232 g/mol. The van der Waals surface area contributed by atoms with E-state index in [0.29, 0.717) is 37.6 Å². The summed E-state index contributed by atoms with van der Waals surface area (Å²) in [5.41, 5.74) is 1.02. The molecule has 1 fully saturated rings. The smallest absolute Gasteiger partial charge is 0.314 e. The first kappa shape index (κ1) is 11.4. The topological polar surface area (TPSA) is 55.8 Å². The Balaban J connectivity index is 2.18. The third kappa shape index (κ3) is 1.41. The molecule has 0 unspecified atom stereocenters. The molecular formula is C14H16O4. The molecule has 4 nitrogen and oxygen atoms in total. The van der Waals surface area contributed by atoms with E-state index in [-0.39, 0.29) is 0 Å². The van der Waals surface area contributed by atoms with Gasteiger partial charge in [0, 0.05) is 5.56 Å². The van der Waals surface area contributed by atoms with Crippen molar-refractivity contribution in [3.63, 3.8) is 0 Å². The van der Waals surface area contributed by atoms with E-state index < -0.39 is 11.4 Å². The lowest BCUT2D eigenvalue weighted by Crippen LogP contribution is -2.43. The Morgan fingerprint density at radius 3 is 2.61 bits per heavy atom. The molecule has 0 saturated heterocycles. The van der Waals surface area contributed by atoms with Gasteiger partial charge in [-0.25, -0.2) is 0 Å². The fourth-order valence-corrected chi connectivity index (χ4v) is 2.91. The molecule has 0 radical (unpaired) electrons. The predicted molar refractivity (Wildman–Crippen MR) is 65.3 cm³/mol. The second-order valence-electron chi connectivity index (χ2n) is 5.02. The van der Waals surface area contributed by atoms with Gasteiger partial charge in [0.1, 0.15) is 13.2 Å². The van der Waals surface area contributed by atoms with Gasteiger partial charge in [-0.15, -0.1) is 0 Å². The van der Waals surface area contributed by atoms with E-state index in [2.05, 4.69) is 0 Å². The highest BCUT2D eigenvalue weighted by Gasteiger charge is 2.49. The van der Waals surface area contributed by atoms with Gasteiger partial charge >= 0.3 is 5.97 Å². The van der Waals surface area contributed by atoms with Crippen molar-refractivity contribution < 1.29 is 19.4 Å². The van der Waals surface area contributed by atoms with Crippen LogP contribution in [-0.2, 0) is 10.2 Å². The largest absolute Gasteiger partial charge is 0.486 e. The van der Waals surface area contributed by atoms with E-state index in [4.69, 9.17) is 9.47 Å². The van der Waals surface area contributed by atoms with Gasteiger partial charge in [0.15, 0.2) is 11.5 Å². The molecule has 1 aromatic carbocycles. The van der Waals surface area contributed by atoms with Gasteiger partial charge in [0.25, 0.3) is 0 Å². The van der Waals surface area contributed by atoms with E-state index in [1.807, 2.05) is 19.1 Å². The summed E-state index contributed by atoms with van der Waals surface area (Å²) >= 11 is 0. The van der Waals surface area contributed by atoms with Crippen molar-refractivity contribution in [1.29, 1.82) is 0 Å². The molecule has 0 amide bonds. The van der Waals surface area contributed by atoms with Crippen molar-refractivity contribution in [1.82, 2.24) is 0 Å². The van der Waals surface area contributed by atoms with Gasteiger partial charge in [0.2, 0.25) is 0 Å². The van der Waals surface area contributed by atoms with Gasteiger partial charge in [0.05, 0.1) is 5.41 Å². The molecule has 96 valence electrons. The molecule has 0 spiro atoms. The Kier molecular flexibility index (Phi) is 2.47. The van der Waals surface area contributed by atoms with E-state index in [1.165, 1.54) is 0 Å². The van der Waals surface area contributed by atoms with Crippen LogP contribution in [0.25, 0.3) is 0 Å². The maximum atomic E-state index is 11.6. The monoisotopic (exact) mass is 248 g/mol. The van der Waals surface area contributed by atoms with E-state index >= 15 is 0 Å². The quantitative estimate of drug-likeness (QED) is 0.872. The molecule has 18 heavy (non-hydrogen) atoms. The lowest BCUT2D eigenvalue weighted by molar-refractivity contribution is -0.147. The molecule has 0 atom stereocenters. The summed E-state index contributed by atoms with van der Waals surface area (Å²) in [7, 11) is 0. The van der Waals surface area contributed by atoms with Crippen LogP contribution in [0.1, 0.15) is 30.4 Å². The number of carboxylic acid groups (broad SMARTS) is 1. The number of hydrogen-bond acceptors (Lipinski definition) is 3. The third-order valence-corrected chi connectivity index (χ3v) is 4.01. The summed E-state index contributed by atoms with van der Waals surface area (Å²) in [6.45, 7) is 2.95. The van der Waals surface area contributed by atoms with Crippen LogP contribution in [0.4, 0.5) is 0 Å². The number of carboxylic acids is 1. The SMILES string of the molecule is Cc1ccc2c(c1C1(C(=O)O)CCC1)OCCO2. The molecule has 1 saturated carbocycles. The van der Waals surface area contributed by atoms with Crippen LogP contribution < -0.4 is 9.47 Å². The summed E-state index contributed by atoms with van der Waals surface area (Å²) < 4.78 is 11.2. The maximum Gasteiger partial charge on any atom is 0.314 e. The van der Waals surface area contributed by atoms with Crippen LogP contribution in [0.2, 0.25) is 0 Å². The molecule has 2 aliphatic rings. The first-order valence-corrected chi connectivity index (χ1v) is 6.28. The molecule has 1 heterocycles. The molecule has 0 aromatic heterocycles. The van der Waals surface area contributed by atoms with Crippen LogP contribution in [0.15, 0.2) is 12.1 Å². The van der Waals surface area contributed by atoms with Crippen molar-refractivity contribution in [3.05, 3.63) is 23.3 Å². The number of benzene rings is 1. The van der Waals surface area contributed by atoms with Crippen LogP contribution in [-0.4, -0.2) is 24.3 Å². The number of carbonyl (C=O) groups is 1. The Bertz CT molecular complexity index is 503. The molecule has 3 rings (SSSR count). The fourth-order valence-electron chi connectivity index (χ4n) is 2.91. The standard InChI is InChI=1S/C14H16O4/c1-9-3-4-10-12(18-8-7-17-10)11(9)14(13(15)16)5-2-6-14/h3-4H,2,5-8H2,1H3,(H,15,16). The first-order chi connectivity index (χ1) is 8.65. The van der Waals surface area contributed by atoms with Crippen molar-refractivity contribution >= 4 is 5.97 Å². The highest BCUT2D eigenvalue weighted by molar-refractivity contribution is 5.85. The highest BCUT2D eigenvalue weighted by Crippen LogP contribution is 2.51. The summed E-state index contributed by atoms with van der Waals surface area (Å²) in [4.78, 5) is 11.6. The number of ether oxygens (including phenoxy) is 2. The number of aliphatic carboxylic acids is 1. The second-order valence-corrected chi connectivity index (χ2v) is 5.02. The first-order valence-electron chi connectivity index (χ1n) is 6.28. The van der Waals surface area contributed by atoms with Crippen LogP contribution in [0.5, 0.6) is 11.5 Å². The molecule has 1 aliphatic carbocycles. The summed E-state index contributed by atoms with van der Waals surface area (Å²) in [5.74, 6) is 0.567. The molecule has 4 heteroatoms. The zero-order valence-electron chi connectivity index (χ0n) is 10.4. The van der Waals surface area contributed by atoms with Gasteiger partial charge in [-0.1, -0.05) is 12.5 Å². The summed E-state index contributed by atoms with van der Waals surface area (Å²) in [6, 6.07) is 3.79. The fraction of sp³-hybridized carbons (Fsp3) is 0.500. The summed E-state index contributed by atoms with van der Waals surface area (Å²) in [6.07, 6.45) is 2.32. The van der Waals surface area contributed by atoms with E-state index in [9.17, 15) is 9.90 Å². The summed E-state index contributed by atoms with van der Waals surface area (Å²) in [5, 5.41) is 9.57. The van der Waals surface area contributed by atoms with Crippen LogP contribution in [0.3, 0.4) is 0 Å². The van der Waals surface area contributed by atoms with Crippen molar-refractivity contribution in [2.24, 2.45) is 0 Å². The van der Waals surface area contributed by atoms with E-state index in [1.54, 1.807) is 0 Å². The maximum absolute atomic E-state index is 11.6. The minimum Gasteiger partial charge on any atom is -0.486 e. The van der Waals surface area contributed by atoms with Crippen LogP contribution >= 0.6 is 0 Å². The molecule has 0 bridgehead atoms. The van der Waals surface area contributed by atoms with Crippen molar-refractivity contribution in [2.75, 3.05) is 13.2 Å². The predicted octanol–water partition coefficient (Wildman–Crippen LogP) is 2.27. The average molecular weight is 248 g/mol. The number of aryl methyl sites for hydroxylation is 1. The zero-order valence-corrected chi connectivity index (χ0v) is 10.4. The minimum absolute atomic E-state index is 0.485. The normalized spacial score (nSPS) is 20.1. The van der Waals surface area contributed by atoms with E-state index in [0.717, 1.165) is 17.5 Å². The lowest BCUT2D eigenvalue weighted by Gasteiger charge is -2.40. The Morgan fingerprint density at radius 2 is 2.00 bits per heavy atom. The number of hydrogen-bond donors (Lipinski definition) is 1. The average Bonchev–Trinajstić information content (AvgIpc) is 2.30. The van der Waals surface area contributed by atoms with Gasteiger partial charge < -0.3 is 14.6 Å². The minimum atomic E-state index is -0.768. The Morgan fingerprint density at radius 1 is 1.28 bits per heavy atom. The third-order valence-electron chi connectivity index (χ3n) is 4.01.